The highest BCUT2D eigenvalue weighted by Gasteiger charge is 2.17. The predicted molar refractivity (Wildman–Crippen MR) is 58.4 cm³/mol. The van der Waals surface area contributed by atoms with E-state index in [1.165, 1.54) is 29.5 Å². The van der Waals surface area contributed by atoms with E-state index in [9.17, 15) is 0 Å². The fourth-order valence-corrected chi connectivity index (χ4v) is 2.33. The molecule has 14 heavy (non-hydrogen) atoms. The molecule has 1 N–H and O–H groups in total. The van der Waals surface area contributed by atoms with Crippen LogP contribution in [0.25, 0.3) is 0 Å². The molecule has 0 spiro atoms. The molecule has 76 valence electrons. The van der Waals surface area contributed by atoms with Crippen molar-refractivity contribution in [2.45, 2.75) is 32.6 Å². The second-order valence-electron chi connectivity index (χ2n) is 4.44. The van der Waals surface area contributed by atoms with Crippen molar-refractivity contribution in [3.05, 3.63) is 34.9 Å². The lowest BCUT2D eigenvalue weighted by molar-refractivity contribution is 0.288. The normalized spacial score (nSPS) is 19.7. The van der Waals surface area contributed by atoms with Gasteiger partial charge >= 0.3 is 0 Å². The fourth-order valence-electron chi connectivity index (χ4n) is 2.33. The van der Waals surface area contributed by atoms with Crippen LogP contribution in [-0.4, -0.2) is 11.7 Å². The molecule has 1 aromatic carbocycles. The van der Waals surface area contributed by atoms with E-state index < -0.39 is 0 Å². The minimum Gasteiger partial charge on any atom is -0.396 e. The lowest BCUT2D eigenvalue weighted by atomic mass is 10.0. The smallest absolute Gasteiger partial charge is 0.0434 e. The lowest BCUT2D eigenvalue weighted by Gasteiger charge is -2.03. The van der Waals surface area contributed by atoms with Gasteiger partial charge in [0.05, 0.1) is 0 Å². The largest absolute Gasteiger partial charge is 0.396 e. The molecular formula is C13H18O. The Morgan fingerprint density at radius 3 is 2.86 bits per heavy atom. The summed E-state index contributed by atoms with van der Waals surface area (Å²) in [5.41, 5.74) is 4.45. The van der Waals surface area contributed by atoms with Gasteiger partial charge < -0.3 is 5.11 Å². The average Bonchev–Trinajstić information content (AvgIpc) is 2.54. The second kappa shape index (κ2) is 4.14. The molecule has 1 nitrogen and oxygen atoms in total. The van der Waals surface area contributed by atoms with E-state index in [1.54, 1.807) is 0 Å². The molecule has 1 unspecified atom stereocenters. The van der Waals surface area contributed by atoms with Crippen LogP contribution in [0.2, 0.25) is 0 Å². The summed E-state index contributed by atoms with van der Waals surface area (Å²) in [6, 6.07) is 6.81. The van der Waals surface area contributed by atoms with Crippen molar-refractivity contribution in [1.29, 1.82) is 0 Å². The Kier molecular flexibility index (Phi) is 2.87. The van der Waals surface area contributed by atoms with E-state index in [0.717, 1.165) is 18.8 Å². The van der Waals surface area contributed by atoms with Crippen LogP contribution >= 0.6 is 0 Å². The van der Waals surface area contributed by atoms with Gasteiger partial charge in [-0.25, -0.2) is 0 Å². The fraction of sp³-hybridized carbons (Fsp3) is 0.538. The van der Waals surface area contributed by atoms with Gasteiger partial charge in [0.15, 0.2) is 0 Å². The molecule has 0 bridgehead atoms. The molecule has 2 rings (SSSR count). The van der Waals surface area contributed by atoms with Crippen molar-refractivity contribution in [1.82, 2.24) is 0 Å². The molecule has 0 saturated carbocycles. The molecule has 1 atom stereocenters. The summed E-state index contributed by atoms with van der Waals surface area (Å²) in [4.78, 5) is 0. The summed E-state index contributed by atoms with van der Waals surface area (Å²) >= 11 is 0. The summed E-state index contributed by atoms with van der Waals surface area (Å²) in [5.74, 6) is 0.818. The van der Waals surface area contributed by atoms with Crippen molar-refractivity contribution < 1.29 is 5.11 Å². The van der Waals surface area contributed by atoms with Gasteiger partial charge in [-0.1, -0.05) is 25.1 Å². The predicted octanol–water partition coefficient (Wildman–Crippen LogP) is 2.35. The van der Waals surface area contributed by atoms with Gasteiger partial charge in [-0.15, -0.1) is 0 Å². The molecule has 1 aliphatic carbocycles. The second-order valence-corrected chi connectivity index (χ2v) is 4.44. The molecule has 1 aromatic rings. The van der Waals surface area contributed by atoms with Crippen LogP contribution in [0.4, 0.5) is 0 Å². The first-order valence-electron chi connectivity index (χ1n) is 5.51. The summed E-state index contributed by atoms with van der Waals surface area (Å²) < 4.78 is 0. The minimum absolute atomic E-state index is 0.299. The van der Waals surface area contributed by atoms with E-state index >= 15 is 0 Å². The molecule has 0 fully saturated rings. The molecular weight excluding hydrogens is 172 g/mol. The molecule has 0 heterocycles. The SMILES string of the molecule is CC1Cc2ccc(CCCO)cc2C1. The first-order valence-corrected chi connectivity index (χ1v) is 5.51. The van der Waals surface area contributed by atoms with Gasteiger partial charge in [0.2, 0.25) is 0 Å². The van der Waals surface area contributed by atoms with E-state index in [2.05, 4.69) is 25.1 Å². The van der Waals surface area contributed by atoms with Crippen LogP contribution in [0.5, 0.6) is 0 Å². The van der Waals surface area contributed by atoms with Crippen LogP contribution in [-0.2, 0) is 19.3 Å². The number of aliphatic hydroxyl groups excluding tert-OH is 1. The summed E-state index contributed by atoms with van der Waals surface area (Å²) in [6.07, 6.45) is 4.38. The first kappa shape index (κ1) is 9.72. The maximum Gasteiger partial charge on any atom is 0.0434 e. The van der Waals surface area contributed by atoms with Crippen molar-refractivity contribution in [2.24, 2.45) is 5.92 Å². The standard InChI is InChI=1S/C13H18O/c1-10-7-12-5-4-11(3-2-6-14)9-13(12)8-10/h4-5,9-10,14H,2-3,6-8H2,1H3. The summed E-state index contributed by atoms with van der Waals surface area (Å²) in [6.45, 7) is 2.61. The Morgan fingerprint density at radius 2 is 2.07 bits per heavy atom. The third kappa shape index (κ3) is 1.98. The number of aryl methyl sites for hydroxylation is 1. The topological polar surface area (TPSA) is 20.2 Å². The highest BCUT2D eigenvalue weighted by Crippen LogP contribution is 2.27. The average molecular weight is 190 g/mol. The van der Waals surface area contributed by atoms with Crippen molar-refractivity contribution >= 4 is 0 Å². The van der Waals surface area contributed by atoms with Gasteiger partial charge in [0.25, 0.3) is 0 Å². The number of hydrogen-bond acceptors (Lipinski definition) is 1. The van der Waals surface area contributed by atoms with Gasteiger partial charge in [-0.3, -0.25) is 0 Å². The van der Waals surface area contributed by atoms with Crippen LogP contribution in [0.3, 0.4) is 0 Å². The lowest BCUT2D eigenvalue weighted by Crippen LogP contribution is -1.91. The van der Waals surface area contributed by atoms with Gasteiger partial charge in [-0.05, 0) is 48.3 Å². The Hall–Kier alpha value is -0.820. The maximum atomic E-state index is 8.76. The Morgan fingerprint density at radius 1 is 1.29 bits per heavy atom. The Balaban J connectivity index is 2.12. The van der Waals surface area contributed by atoms with E-state index in [-0.39, 0.29) is 0 Å². The quantitative estimate of drug-likeness (QED) is 0.775. The number of rotatable bonds is 3. The third-order valence-electron chi connectivity index (χ3n) is 3.03. The van der Waals surface area contributed by atoms with Crippen molar-refractivity contribution in [3.63, 3.8) is 0 Å². The van der Waals surface area contributed by atoms with Crippen LogP contribution in [0, 0.1) is 5.92 Å². The van der Waals surface area contributed by atoms with E-state index in [1.807, 2.05) is 0 Å². The molecule has 0 aliphatic heterocycles. The summed E-state index contributed by atoms with van der Waals surface area (Å²) in [7, 11) is 0. The number of hydrogen-bond donors (Lipinski definition) is 1. The zero-order valence-corrected chi connectivity index (χ0v) is 8.79. The Bertz CT molecular complexity index is 317. The highest BCUT2D eigenvalue weighted by atomic mass is 16.2. The van der Waals surface area contributed by atoms with Crippen LogP contribution in [0.15, 0.2) is 18.2 Å². The van der Waals surface area contributed by atoms with Gasteiger partial charge in [0, 0.05) is 6.61 Å². The minimum atomic E-state index is 0.299. The zero-order chi connectivity index (χ0) is 9.97. The van der Waals surface area contributed by atoms with E-state index in [0.29, 0.717) is 6.61 Å². The van der Waals surface area contributed by atoms with Crippen LogP contribution in [0.1, 0.15) is 30.0 Å². The number of fused-ring (bicyclic) bond motifs is 1. The van der Waals surface area contributed by atoms with Gasteiger partial charge in [0.1, 0.15) is 0 Å². The number of aliphatic hydroxyl groups is 1. The monoisotopic (exact) mass is 190 g/mol. The highest BCUT2D eigenvalue weighted by molar-refractivity contribution is 5.36. The van der Waals surface area contributed by atoms with Crippen molar-refractivity contribution in [3.8, 4) is 0 Å². The zero-order valence-electron chi connectivity index (χ0n) is 8.79. The molecule has 1 aliphatic rings. The summed E-state index contributed by atoms with van der Waals surface area (Å²) in [5, 5.41) is 8.76. The van der Waals surface area contributed by atoms with Gasteiger partial charge in [-0.2, -0.15) is 0 Å². The molecule has 0 amide bonds. The molecule has 0 radical (unpaired) electrons. The first-order chi connectivity index (χ1) is 6.79. The van der Waals surface area contributed by atoms with E-state index in [4.69, 9.17) is 5.11 Å². The Labute approximate surface area is 85.8 Å². The molecule has 1 heteroatoms. The molecule has 0 saturated heterocycles. The van der Waals surface area contributed by atoms with Crippen LogP contribution < -0.4 is 0 Å². The number of benzene rings is 1. The third-order valence-corrected chi connectivity index (χ3v) is 3.03. The maximum absolute atomic E-state index is 8.76. The molecule has 0 aromatic heterocycles. The van der Waals surface area contributed by atoms with Crippen molar-refractivity contribution in [2.75, 3.05) is 6.61 Å².